The first-order valence-electron chi connectivity index (χ1n) is 9.58. The van der Waals surface area contributed by atoms with Crippen molar-refractivity contribution in [3.63, 3.8) is 0 Å². The van der Waals surface area contributed by atoms with Crippen LogP contribution in [0.4, 0.5) is 19.0 Å². The predicted molar refractivity (Wildman–Crippen MR) is 102 cm³/mol. The molecule has 2 aliphatic rings. The van der Waals surface area contributed by atoms with Gasteiger partial charge in [-0.25, -0.2) is 17.7 Å². The molecule has 1 aromatic heterocycles. The summed E-state index contributed by atoms with van der Waals surface area (Å²) in [5.74, 6) is 0.253. The summed E-state index contributed by atoms with van der Waals surface area (Å²) in [4.78, 5) is 18.3. The van der Waals surface area contributed by atoms with Crippen LogP contribution in [-0.2, 0) is 21.0 Å². The van der Waals surface area contributed by atoms with Crippen LogP contribution in [0.1, 0.15) is 31.2 Å². The Morgan fingerprint density at radius 2 is 1.72 bits per heavy atom. The Morgan fingerprint density at radius 1 is 1.10 bits per heavy atom. The summed E-state index contributed by atoms with van der Waals surface area (Å²) in [6, 6.07) is 2.40. The highest BCUT2D eigenvalue weighted by molar-refractivity contribution is 7.88. The molecule has 0 spiro atoms. The molecule has 2 saturated heterocycles. The fourth-order valence-electron chi connectivity index (χ4n) is 3.76. The van der Waals surface area contributed by atoms with E-state index < -0.39 is 21.8 Å². The molecule has 1 amide bonds. The van der Waals surface area contributed by atoms with Crippen LogP contribution in [0.3, 0.4) is 0 Å². The normalized spacial score (nSPS) is 20.6. The molecule has 0 unspecified atom stereocenters. The fourth-order valence-corrected chi connectivity index (χ4v) is 4.64. The van der Waals surface area contributed by atoms with Crippen molar-refractivity contribution in [1.82, 2.24) is 14.6 Å². The predicted octanol–water partition coefficient (Wildman–Crippen LogP) is 1.86. The van der Waals surface area contributed by atoms with Gasteiger partial charge in [-0.1, -0.05) is 0 Å². The van der Waals surface area contributed by atoms with Crippen LogP contribution in [0.25, 0.3) is 0 Å². The van der Waals surface area contributed by atoms with Crippen molar-refractivity contribution >= 4 is 21.7 Å². The first-order valence-corrected chi connectivity index (χ1v) is 11.4. The summed E-state index contributed by atoms with van der Waals surface area (Å²) in [7, 11) is -3.22. The largest absolute Gasteiger partial charge is 0.417 e. The standard InChI is InChI=1S/C18H25F3N4O3S/c1-29(27,28)25-10-4-13(5-11-25)17(26)23-15-6-8-24(9-7-15)16-3-2-14(12-22-16)18(19,20)21/h2-3,12-13,15H,4-11H2,1H3,(H,23,26). The maximum Gasteiger partial charge on any atom is 0.417 e. The van der Waals surface area contributed by atoms with Crippen LogP contribution < -0.4 is 10.2 Å². The highest BCUT2D eigenvalue weighted by Gasteiger charge is 2.32. The summed E-state index contributed by atoms with van der Waals surface area (Å²) < 4.78 is 62.4. The summed E-state index contributed by atoms with van der Waals surface area (Å²) in [6.07, 6.45) is -0.0211. The second kappa shape index (κ2) is 8.47. The van der Waals surface area contributed by atoms with Crippen molar-refractivity contribution in [2.24, 2.45) is 5.92 Å². The number of carbonyl (C=O) groups is 1. The molecule has 7 nitrogen and oxygen atoms in total. The Bertz CT molecular complexity index is 814. The van der Waals surface area contributed by atoms with E-state index in [2.05, 4.69) is 10.3 Å². The molecule has 0 radical (unpaired) electrons. The van der Waals surface area contributed by atoms with Gasteiger partial charge in [0.25, 0.3) is 0 Å². The number of alkyl halides is 3. The molecule has 2 fully saturated rings. The highest BCUT2D eigenvalue weighted by atomic mass is 32.2. The van der Waals surface area contributed by atoms with E-state index in [0.29, 0.717) is 57.7 Å². The average Bonchev–Trinajstić information content (AvgIpc) is 2.67. The number of anilines is 1. The number of rotatable bonds is 4. The molecule has 0 atom stereocenters. The van der Waals surface area contributed by atoms with E-state index in [9.17, 15) is 26.4 Å². The van der Waals surface area contributed by atoms with Gasteiger partial charge in [0.15, 0.2) is 0 Å². The van der Waals surface area contributed by atoms with Gasteiger partial charge >= 0.3 is 6.18 Å². The number of carbonyl (C=O) groups excluding carboxylic acids is 1. The molecule has 1 N–H and O–H groups in total. The van der Waals surface area contributed by atoms with Gasteiger partial charge in [0.1, 0.15) is 5.82 Å². The van der Waals surface area contributed by atoms with Crippen molar-refractivity contribution in [1.29, 1.82) is 0 Å². The van der Waals surface area contributed by atoms with Crippen molar-refractivity contribution < 1.29 is 26.4 Å². The van der Waals surface area contributed by atoms with Crippen LogP contribution in [0.15, 0.2) is 18.3 Å². The molecule has 162 valence electrons. The quantitative estimate of drug-likeness (QED) is 0.782. The second-order valence-corrected chi connectivity index (χ2v) is 9.59. The molecule has 2 aliphatic heterocycles. The molecule has 0 bridgehead atoms. The average molecular weight is 434 g/mol. The van der Waals surface area contributed by atoms with Crippen LogP contribution in [0.2, 0.25) is 0 Å². The second-order valence-electron chi connectivity index (χ2n) is 7.61. The molecule has 3 rings (SSSR count). The number of piperidine rings is 2. The summed E-state index contributed by atoms with van der Waals surface area (Å²) >= 11 is 0. The topological polar surface area (TPSA) is 82.6 Å². The Balaban J connectivity index is 1.46. The molecular weight excluding hydrogens is 409 g/mol. The lowest BCUT2D eigenvalue weighted by molar-refractivity contribution is -0.137. The van der Waals surface area contributed by atoms with Gasteiger partial charge in [0.2, 0.25) is 15.9 Å². The third-order valence-corrected chi connectivity index (χ3v) is 6.84. The lowest BCUT2D eigenvalue weighted by atomic mass is 9.96. The molecule has 0 aliphatic carbocycles. The number of amides is 1. The number of pyridine rings is 1. The van der Waals surface area contributed by atoms with Crippen LogP contribution in [0, 0.1) is 5.92 Å². The number of sulfonamides is 1. The molecule has 3 heterocycles. The summed E-state index contributed by atoms with van der Waals surface area (Å²) in [5.41, 5.74) is -0.773. The Kier molecular flexibility index (Phi) is 6.37. The summed E-state index contributed by atoms with van der Waals surface area (Å²) in [6.45, 7) is 1.90. The van der Waals surface area contributed by atoms with E-state index in [1.165, 1.54) is 16.6 Å². The lowest BCUT2D eigenvalue weighted by Crippen LogP contribution is -2.48. The smallest absolute Gasteiger partial charge is 0.356 e. The van der Waals surface area contributed by atoms with Gasteiger partial charge in [0, 0.05) is 44.3 Å². The minimum absolute atomic E-state index is 0.00105. The minimum atomic E-state index is -4.40. The van der Waals surface area contributed by atoms with Crippen LogP contribution in [0.5, 0.6) is 0 Å². The van der Waals surface area contributed by atoms with Crippen molar-refractivity contribution in [3.8, 4) is 0 Å². The number of aromatic nitrogens is 1. The number of hydrogen-bond donors (Lipinski definition) is 1. The molecule has 1 aromatic rings. The van der Waals surface area contributed by atoms with E-state index in [4.69, 9.17) is 0 Å². The van der Waals surface area contributed by atoms with Gasteiger partial charge in [-0.05, 0) is 37.8 Å². The van der Waals surface area contributed by atoms with Crippen molar-refractivity contribution in [2.75, 3.05) is 37.3 Å². The highest BCUT2D eigenvalue weighted by Crippen LogP contribution is 2.30. The molecule has 0 saturated carbocycles. The Hall–Kier alpha value is -1.88. The van der Waals surface area contributed by atoms with Gasteiger partial charge in [-0.15, -0.1) is 0 Å². The summed E-state index contributed by atoms with van der Waals surface area (Å²) in [5, 5.41) is 3.04. The zero-order valence-electron chi connectivity index (χ0n) is 16.2. The Morgan fingerprint density at radius 3 is 2.21 bits per heavy atom. The van der Waals surface area contributed by atoms with Crippen LogP contribution in [-0.4, -0.2) is 62.1 Å². The molecule has 11 heteroatoms. The number of halogens is 3. The van der Waals surface area contributed by atoms with Gasteiger partial charge in [-0.3, -0.25) is 4.79 Å². The first kappa shape index (κ1) is 21.8. The number of hydrogen-bond acceptors (Lipinski definition) is 5. The molecule has 0 aromatic carbocycles. The number of nitrogens with zero attached hydrogens (tertiary/aromatic N) is 3. The van der Waals surface area contributed by atoms with Gasteiger partial charge in [-0.2, -0.15) is 13.2 Å². The minimum Gasteiger partial charge on any atom is -0.356 e. The van der Waals surface area contributed by atoms with E-state index in [1.54, 1.807) is 0 Å². The van der Waals surface area contributed by atoms with Gasteiger partial charge in [0.05, 0.1) is 11.8 Å². The van der Waals surface area contributed by atoms with Crippen molar-refractivity contribution in [3.05, 3.63) is 23.9 Å². The van der Waals surface area contributed by atoms with Crippen molar-refractivity contribution in [2.45, 2.75) is 37.9 Å². The van der Waals surface area contributed by atoms with Crippen LogP contribution >= 0.6 is 0 Å². The van der Waals surface area contributed by atoms with Gasteiger partial charge < -0.3 is 10.2 Å². The fraction of sp³-hybridized carbons (Fsp3) is 0.667. The monoisotopic (exact) mass is 434 g/mol. The van der Waals surface area contributed by atoms with E-state index in [1.807, 2.05) is 4.90 Å². The Labute approximate surface area is 168 Å². The zero-order valence-corrected chi connectivity index (χ0v) is 17.0. The molecule has 29 heavy (non-hydrogen) atoms. The van der Waals surface area contributed by atoms with E-state index >= 15 is 0 Å². The maximum absolute atomic E-state index is 12.6. The molecular formula is C18H25F3N4O3S. The van der Waals surface area contributed by atoms with E-state index in [0.717, 1.165) is 12.3 Å². The third-order valence-electron chi connectivity index (χ3n) is 5.53. The zero-order chi connectivity index (χ0) is 21.2. The number of nitrogens with one attached hydrogen (secondary N) is 1. The third kappa shape index (κ3) is 5.59. The SMILES string of the molecule is CS(=O)(=O)N1CCC(C(=O)NC2CCN(c3ccc(C(F)(F)F)cn3)CC2)CC1. The lowest BCUT2D eigenvalue weighted by Gasteiger charge is -2.35. The maximum atomic E-state index is 12.6. The first-order chi connectivity index (χ1) is 13.5. The van der Waals surface area contributed by atoms with E-state index in [-0.39, 0.29) is 17.9 Å².